The Bertz CT molecular complexity index is 239. The van der Waals surface area contributed by atoms with Crippen LogP contribution in [0.3, 0.4) is 0 Å². The molecule has 0 aromatic rings. The lowest BCUT2D eigenvalue weighted by Crippen LogP contribution is -2.52. The van der Waals surface area contributed by atoms with Crippen molar-refractivity contribution in [2.24, 2.45) is 0 Å². The van der Waals surface area contributed by atoms with Gasteiger partial charge in [-0.1, -0.05) is 13.3 Å². The van der Waals surface area contributed by atoms with Crippen LogP contribution in [0.1, 0.15) is 46.0 Å². The Morgan fingerprint density at radius 3 is 2.44 bits per heavy atom. The van der Waals surface area contributed by atoms with E-state index < -0.39 is 0 Å². The minimum absolute atomic E-state index is 0.520. The number of piperazine rings is 1. The molecule has 0 radical (unpaired) electrons. The SMILES string of the molecule is CCCC(C)N1CCN(C2CCC(OC)C2)CC1. The molecule has 106 valence electrons. The Balaban J connectivity index is 1.73. The molecule has 0 bridgehead atoms. The first-order valence-electron chi connectivity index (χ1n) is 7.75. The molecule has 0 N–H and O–H groups in total. The highest BCUT2D eigenvalue weighted by Crippen LogP contribution is 2.27. The molecule has 0 spiro atoms. The van der Waals surface area contributed by atoms with Crippen molar-refractivity contribution in [1.82, 2.24) is 9.80 Å². The van der Waals surface area contributed by atoms with Crippen LogP contribution in [0, 0.1) is 0 Å². The van der Waals surface area contributed by atoms with Crippen molar-refractivity contribution in [3.05, 3.63) is 0 Å². The third-order valence-electron chi connectivity index (χ3n) is 4.89. The Morgan fingerprint density at radius 2 is 1.89 bits per heavy atom. The molecule has 1 saturated heterocycles. The van der Waals surface area contributed by atoms with E-state index in [9.17, 15) is 0 Å². The highest BCUT2D eigenvalue weighted by atomic mass is 16.5. The number of hydrogen-bond donors (Lipinski definition) is 0. The maximum atomic E-state index is 5.49. The maximum absolute atomic E-state index is 5.49. The Hall–Kier alpha value is -0.120. The molecule has 3 heteroatoms. The quantitative estimate of drug-likeness (QED) is 0.749. The summed E-state index contributed by atoms with van der Waals surface area (Å²) in [6, 6.07) is 1.56. The standard InChI is InChI=1S/C15H30N2O/c1-4-5-13(2)16-8-10-17(11-9-16)14-6-7-15(12-14)18-3/h13-15H,4-12H2,1-3H3. The molecule has 1 aliphatic carbocycles. The molecule has 0 aromatic carbocycles. The van der Waals surface area contributed by atoms with Gasteiger partial charge < -0.3 is 4.74 Å². The summed E-state index contributed by atoms with van der Waals surface area (Å²) in [6.07, 6.45) is 7.01. The van der Waals surface area contributed by atoms with E-state index in [1.54, 1.807) is 0 Å². The molecule has 0 aromatic heterocycles. The normalized spacial score (nSPS) is 32.8. The first-order valence-corrected chi connectivity index (χ1v) is 7.75. The lowest BCUT2D eigenvalue weighted by atomic mass is 10.1. The second-order valence-electron chi connectivity index (χ2n) is 6.03. The van der Waals surface area contributed by atoms with Crippen LogP contribution in [0.2, 0.25) is 0 Å². The highest BCUT2D eigenvalue weighted by molar-refractivity contribution is 4.87. The third kappa shape index (κ3) is 3.46. The lowest BCUT2D eigenvalue weighted by Gasteiger charge is -2.40. The van der Waals surface area contributed by atoms with Crippen molar-refractivity contribution >= 4 is 0 Å². The summed E-state index contributed by atoms with van der Waals surface area (Å²) in [6.45, 7) is 9.71. The van der Waals surface area contributed by atoms with Crippen LogP contribution in [0.25, 0.3) is 0 Å². The zero-order chi connectivity index (χ0) is 13.0. The Morgan fingerprint density at radius 1 is 1.17 bits per heavy atom. The van der Waals surface area contributed by atoms with Crippen molar-refractivity contribution in [3.63, 3.8) is 0 Å². The fourth-order valence-corrected chi connectivity index (χ4v) is 3.61. The Kier molecular flexibility index (Phi) is 5.46. The van der Waals surface area contributed by atoms with Gasteiger partial charge in [-0.15, -0.1) is 0 Å². The monoisotopic (exact) mass is 254 g/mol. The van der Waals surface area contributed by atoms with Crippen LogP contribution in [0.4, 0.5) is 0 Å². The van der Waals surface area contributed by atoms with E-state index in [4.69, 9.17) is 4.74 Å². The molecule has 3 nitrogen and oxygen atoms in total. The zero-order valence-electron chi connectivity index (χ0n) is 12.4. The Labute approximate surface area is 112 Å². The van der Waals surface area contributed by atoms with Crippen LogP contribution in [-0.2, 0) is 4.74 Å². The second kappa shape index (κ2) is 6.88. The average molecular weight is 254 g/mol. The van der Waals surface area contributed by atoms with Gasteiger partial charge in [0, 0.05) is 45.4 Å². The van der Waals surface area contributed by atoms with Crippen molar-refractivity contribution < 1.29 is 4.74 Å². The van der Waals surface area contributed by atoms with E-state index in [-0.39, 0.29) is 0 Å². The van der Waals surface area contributed by atoms with E-state index in [1.807, 2.05) is 7.11 Å². The fraction of sp³-hybridized carbons (Fsp3) is 1.00. The molecule has 1 heterocycles. The molecule has 3 atom stereocenters. The van der Waals surface area contributed by atoms with Gasteiger partial charge in [0.05, 0.1) is 6.10 Å². The van der Waals surface area contributed by atoms with Gasteiger partial charge in [-0.25, -0.2) is 0 Å². The number of methoxy groups -OCH3 is 1. The predicted octanol–water partition coefficient (Wildman–Crippen LogP) is 2.36. The molecule has 2 fully saturated rings. The summed E-state index contributed by atoms with van der Waals surface area (Å²) in [7, 11) is 1.86. The maximum Gasteiger partial charge on any atom is 0.0586 e. The van der Waals surface area contributed by atoms with Gasteiger partial charge in [-0.2, -0.15) is 0 Å². The molecule has 2 rings (SSSR count). The third-order valence-corrected chi connectivity index (χ3v) is 4.89. The summed E-state index contributed by atoms with van der Waals surface area (Å²) >= 11 is 0. The minimum Gasteiger partial charge on any atom is -0.381 e. The van der Waals surface area contributed by atoms with Gasteiger partial charge in [0.15, 0.2) is 0 Å². The van der Waals surface area contributed by atoms with Crippen LogP contribution in [0.15, 0.2) is 0 Å². The molecular weight excluding hydrogens is 224 g/mol. The molecule has 1 aliphatic heterocycles. The van der Waals surface area contributed by atoms with E-state index in [2.05, 4.69) is 23.6 Å². The van der Waals surface area contributed by atoms with Crippen LogP contribution in [0.5, 0.6) is 0 Å². The summed E-state index contributed by atoms with van der Waals surface area (Å²) in [5.41, 5.74) is 0. The van der Waals surface area contributed by atoms with Crippen molar-refractivity contribution in [2.45, 2.75) is 64.1 Å². The largest absolute Gasteiger partial charge is 0.381 e. The average Bonchev–Trinajstić information content (AvgIpc) is 2.88. The van der Waals surface area contributed by atoms with E-state index in [0.29, 0.717) is 6.10 Å². The second-order valence-corrected chi connectivity index (χ2v) is 6.03. The van der Waals surface area contributed by atoms with E-state index in [1.165, 1.54) is 58.3 Å². The summed E-state index contributed by atoms with van der Waals surface area (Å²) < 4.78 is 5.49. The van der Waals surface area contributed by atoms with Crippen LogP contribution < -0.4 is 0 Å². The van der Waals surface area contributed by atoms with Crippen molar-refractivity contribution in [2.75, 3.05) is 33.3 Å². The summed E-state index contributed by atoms with van der Waals surface area (Å²) in [5, 5.41) is 0. The fourth-order valence-electron chi connectivity index (χ4n) is 3.61. The topological polar surface area (TPSA) is 15.7 Å². The molecular formula is C15H30N2O. The number of ether oxygens (including phenoxy) is 1. The zero-order valence-corrected chi connectivity index (χ0v) is 12.4. The predicted molar refractivity (Wildman–Crippen MR) is 76.0 cm³/mol. The summed E-state index contributed by atoms with van der Waals surface area (Å²) in [5.74, 6) is 0. The molecule has 1 saturated carbocycles. The first-order chi connectivity index (χ1) is 8.74. The van der Waals surface area contributed by atoms with E-state index in [0.717, 1.165) is 12.1 Å². The minimum atomic E-state index is 0.520. The summed E-state index contributed by atoms with van der Waals surface area (Å²) in [4.78, 5) is 5.37. The number of hydrogen-bond acceptors (Lipinski definition) is 3. The van der Waals surface area contributed by atoms with Gasteiger partial charge in [-0.05, 0) is 32.6 Å². The van der Waals surface area contributed by atoms with E-state index >= 15 is 0 Å². The van der Waals surface area contributed by atoms with Crippen molar-refractivity contribution in [3.8, 4) is 0 Å². The van der Waals surface area contributed by atoms with Crippen LogP contribution in [-0.4, -0.2) is 61.3 Å². The molecule has 3 unspecified atom stereocenters. The van der Waals surface area contributed by atoms with Crippen LogP contribution >= 0.6 is 0 Å². The molecule has 18 heavy (non-hydrogen) atoms. The highest BCUT2D eigenvalue weighted by Gasteiger charge is 2.31. The molecule has 2 aliphatic rings. The molecule has 0 amide bonds. The van der Waals surface area contributed by atoms with Crippen molar-refractivity contribution in [1.29, 1.82) is 0 Å². The lowest BCUT2D eigenvalue weighted by molar-refractivity contribution is 0.0598. The number of nitrogens with zero attached hydrogens (tertiary/aromatic N) is 2. The first kappa shape index (κ1) is 14.3. The van der Waals surface area contributed by atoms with Gasteiger partial charge in [-0.3, -0.25) is 9.80 Å². The van der Waals surface area contributed by atoms with Gasteiger partial charge in [0.2, 0.25) is 0 Å². The van der Waals surface area contributed by atoms with Gasteiger partial charge in [0.25, 0.3) is 0 Å². The van der Waals surface area contributed by atoms with Gasteiger partial charge >= 0.3 is 0 Å². The van der Waals surface area contributed by atoms with Gasteiger partial charge in [0.1, 0.15) is 0 Å². The smallest absolute Gasteiger partial charge is 0.0586 e. The number of rotatable bonds is 5.